The van der Waals surface area contributed by atoms with Crippen molar-refractivity contribution in [3.63, 3.8) is 0 Å². The normalized spacial score (nSPS) is 11.5. The molecule has 0 saturated heterocycles. The highest BCUT2D eigenvalue weighted by molar-refractivity contribution is 5.92. The molecule has 2 aromatic heterocycles. The van der Waals surface area contributed by atoms with Crippen LogP contribution in [0.4, 0.5) is 4.39 Å². The van der Waals surface area contributed by atoms with Crippen molar-refractivity contribution < 1.29 is 4.39 Å². The van der Waals surface area contributed by atoms with Crippen LogP contribution in [0.25, 0.3) is 22.3 Å². The van der Waals surface area contributed by atoms with E-state index in [1.54, 1.807) is 12.3 Å². The third-order valence-corrected chi connectivity index (χ3v) is 3.68. The molecule has 2 heterocycles. The van der Waals surface area contributed by atoms with E-state index in [-0.39, 0.29) is 11.9 Å². The van der Waals surface area contributed by atoms with Gasteiger partial charge in [0.05, 0.1) is 22.3 Å². The van der Waals surface area contributed by atoms with E-state index in [2.05, 4.69) is 28.4 Å². The Labute approximate surface area is 128 Å². The Hall–Kier alpha value is -2.27. The van der Waals surface area contributed by atoms with Crippen molar-refractivity contribution in [3.05, 3.63) is 48.2 Å². The number of nitrogens with two attached hydrogens (primary N) is 1. The highest BCUT2D eigenvalue weighted by atomic mass is 19.1. The van der Waals surface area contributed by atoms with Crippen molar-refractivity contribution in [2.75, 3.05) is 6.54 Å². The molecule has 0 atom stereocenters. The molecule has 2 N–H and O–H groups in total. The minimum Gasteiger partial charge on any atom is -0.330 e. The average molecular weight is 298 g/mol. The molecule has 1 aromatic carbocycles. The third kappa shape index (κ3) is 2.37. The average Bonchev–Trinajstić information content (AvgIpc) is 2.86. The first kappa shape index (κ1) is 14.7. The Morgan fingerprint density at radius 1 is 1.23 bits per heavy atom. The number of nitrogens with zero attached hydrogens (tertiary/aromatic N) is 3. The summed E-state index contributed by atoms with van der Waals surface area (Å²) in [4.78, 5) is 8.95. The lowest BCUT2D eigenvalue weighted by atomic mass is 10.1. The van der Waals surface area contributed by atoms with E-state index < -0.39 is 0 Å². The fraction of sp³-hybridized carbons (Fsp3) is 0.294. The number of hydrogen-bond donors (Lipinski definition) is 1. The molecule has 0 fully saturated rings. The van der Waals surface area contributed by atoms with Gasteiger partial charge in [-0.25, -0.2) is 9.37 Å². The molecule has 0 saturated carbocycles. The Balaban J connectivity index is 2.38. The van der Waals surface area contributed by atoms with Crippen molar-refractivity contribution in [2.45, 2.75) is 26.3 Å². The second-order valence-electron chi connectivity index (χ2n) is 5.54. The summed E-state index contributed by atoms with van der Waals surface area (Å²) in [5, 5.41) is 0. The molecule has 0 aliphatic carbocycles. The van der Waals surface area contributed by atoms with Gasteiger partial charge < -0.3 is 10.3 Å². The number of pyridine rings is 1. The molecule has 5 heteroatoms. The lowest BCUT2D eigenvalue weighted by Crippen LogP contribution is -2.12. The van der Waals surface area contributed by atoms with E-state index >= 15 is 0 Å². The molecule has 114 valence electrons. The SMILES string of the molecule is CC(C)n1c(CCN)nc2ccc(F)c(-c3ccccn3)c21. The van der Waals surface area contributed by atoms with Crippen molar-refractivity contribution in [1.29, 1.82) is 0 Å². The second kappa shape index (κ2) is 5.85. The summed E-state index contributed by atoms with van der Waals surface area (Å²) in [5.74, 6) is 0.600. The lowest BCUT2D eigenvalue weighted by Gasteiger charge is -2.15. The van der Waals surface area contributed by atoms with E-state index in [4.69, 9.17) is 5.73 Å². The topological polar surface area (TPSA) is 56.7 Å². The molecule has 22 heavy (non-hydrogen) atoms. The number of aromatic nitrogens is 3. The van der Waals surface area contributed by atoms with Gasteiger partial charge in [-0.3, -0.25) is 4.98 Å². The van der Waals surface area contributed by atoms with Crippen LogP contribution in [-0.2, 0) is 6.42 Å². The fourth-order valence-electron chi connectivity index (χ4n) is 2.83. The maximum absolute atomic E-state index is 14.5. The minimum absolute atomic E-state index is 0.163. The van der Waals surface area contributed by atoms with Crippen LogP contribution in [0, 0.1) is 5.82 Å². The molecule has 4 nitrogen and oxygen atoms in total. The molecule has 0 spiro atoms. The minimum atomic E-state index is -0.285. The Morgan fingerprint density at radius 3 is 2.68 bits per heavy atom. The highest BCUT2D eigenvalue weighted by Gasteiger charge is 2.20. The maximum atomic E-state index is 14.5. The van der Waals surface area contributed by atoms with Crippen LogP contribution in [0.5, 0.6) is 0 Å². The summed E-state index contributed by atoms with van der Waals surface area (Å²) in [5.41, 5.74) is 8.38. The molecule has 0 unspecified atom stereocenters. The highest BCUT2D eigenvalue weighted by Crippen LogP contribution is 2.32. The van der Waals surface area contributed by atoms with E-state index in [0.717, 1.165) is 16.9 Å². The van der Waals surface area contributed by atoms with Gasteiger partial charge in [-0.15, -0.1) is 0 Å². The molecule has 0 amide bonds. The first-order chi connectivity index (χ1) is 10.6. The van der Waals surface area contributed by atoms with Gasteiger partial charge in [0.25, 0.3) is 0 Å². The van der Waals surface area contributed by atoms with Crippen molar-refractivity contribution in [3.8, 4) is 11.3 Å². The number of rotatable bonds is 4. The number of halogens is 1. The van der Waals surface area contributed by atoms with Gasteiger partial charge in [-0.05, 0) is 44.7 Å². The zero-order chi connectivity index (χ0) is 15.7. The number of imidazole rings is 1. The Morgan fingerprint density at radius 2 is 2.05 bits per heavy atom. The van der Waals surface area contributed by atoms with Gasteiger partial charge >= 0.3 is 0 Å². The van der Waals surface area contributed by atoms with Crippen LogP contribution in [0.3, 0.4) is 0 Å². The van der Waals surface area contributed by atoms with Crippen molar-refractivity contribution >= 4 is 11.0 Å². The van der Waals surface area contributed by atoms with E-state index in [1.807, 2.05) is 18.2 Å². The smallest absolute Gasteiger partial charge is 0.134 e. The van der Waals surface area contributed by atoms with Crippen LogP contribution < -0.4 is 5.73 Å². The first-order valence-electron chi connectivity index (χ1n) is 7.44. The second-order valence-corrected chi connectivity index (χ2v) is 5.54. The fourth-order valence-corrected chi connectivity index (χ4v) is 2.83. The standard InChI is InChI=1S/C17H19FN4/c1-11(2)22-15(8-9-19)21-14-7-6-12(18)16(17(14)22)13-5-3-4-10-20-13/h3-7,10-11H,8-9,19H2,1-2H3. The van der Waals surface area contributed by atoms with Crippen molar-refractivity contribution in [1.82, 2.24) is 14.5 Å². The summed E-state index contributed by atoms with van der Waals surface area (Å²) in [7, 11) is 0. The molecule has 0 bridgehead atoms. The number of hydrogen-bond acceptors (Lipinski definition) is 3. The summed E-state index contributed by atoms with van der Waals surface area (Å²) in [6.07, 6.45) is 2.33. The predicted octanol–water partition coefficient (Wildman–Crippen LogP) is 3.32. The zero-order valence-electron chi connectivity index (χ0n) is 12.8. The van der Waals surface area contributed by atoms with Crippen LogP contribution in [0.1, 0.15) is 25.7 Å². The van der Waals surface area contributed by atoms with Crippen LogP contribution >= 0.6 is 0 Å². The number of benzene rings is 1. The van der Waals surface area contributed by atoms with Crippen LogP contribution in [0.15, 0.2) is 36.5 Å². The van der Waals surface area contributed by atoms with Gasteiger partial charge in [0.15, 0.2) is 0 Å². The molecule has 3 aromatic rings. The third-order valence-electron chi connectivity index (χ3n) is 3.68. The Bertz CT molecular complexity index is 793. The van der Waals surface area contributed by atoms with Gasteiger partial charge in [-0.1, -0.05) is 6.07 Å². The number of fused-ring (bicyclic) bond motifs is 1. The molecular formula is C17H19FN4. The monoisotopic (exact) mass is 298 g/mol. The van der Waals surface area contributed by atoms with Gasteiger partial charge in [0.2, 0.25) is 0 Å². The molecule has 0 aliphatic heterocycles. The summed E-state index contributed by atoms with van der Waals surface area (Å²) >= 11 is 0. The van der Waals surface area contributed by atoms with Crippen molar-refractivity contribution in [2.24, 2.45) is 5.73 Å². The lowest BCUT2D eigenvalue weighted by molar-refractivity contribution is 0.581. The predicted molar refractivity (Wildman–Crippen MR) is 86.1 cm³/mol. The summed E-state index contributed by atoms with van der Waals surface area (Å²) in [6.45, 7) is 4.64. The van der Waals surface area contributed by atoms with E-state index in [0.29, 0.717) is 24.2 Å². The van der Waals surface area contributed by atoms with Gasteiger partial charge in [0.1, 0.15) is 11.6 Å². The largest absolute Gasteiger partial charge is 0.330 e. The zero-order valence-corrected chi connectivity index (χ0v) is 12.8. The Kier molecular flexibility index (Phi) is 3.90. The van der Waals surface area contributed by atoms with Gasteiger partial charge in [0, 0.05) is 18.7 Å². The first-order valence-corrected chi connectivity index (χ1v) is 7.44. The summed E-state index contributed by atoms with van der Waals surface area (Å²) < 4.78 is 16.6. The molecule has 0 radical (unpaired) electrons. The van der Waals surface area contributed by atoms with E-state index in [9.17, 15) is 4.39 Å². The summed E-state index contributed by atoms with van der Waals surface area (Å²) in [6, 6.07) is 8.83. The van der Waals surface area contributed by atoms with E-state index in [1.165, 1.54) is 6.07 Å². The maximum Gasteiger partial charge on any atom is 0.134 e. The van der Waals surface area contributed by atoms with Gasteiger partial charge in [-0.2, -0.15) is 0 Å². The van der Waals surface area contributed by atoms with Crippen LogP contribution in [-0.4, -0.2) is 21.1 Å². The van der Waals surface area contributed by atoms with Crippen LogP contribution in [0.2, 0.25) is 0 Å². The molecule has 3 rings (SSSR count). The molecule has 0 aliphatic rings. The quantitative estimate of drug-likeness (QED) is 0.804. The molecular weight excluding hydrogens is 279 g/mol.